The molecule has 3 aromatic rings. The summed E-state index contributed by atoms with van der Waals surface area (Å²) in [6.07, 6.45) is -0.833. The molecule has 1 aromatic heterocycles. The van der Waals surface area contributed by atoms with E-state index in [1.807, 2.05) is 26.0 Å². The first-order valence-electron chi connectivity index (χ1n) is 9.13. The zero-order valence-corrected chi connectivity index (χ0v) is 16.7. The van der Waals surface area contributed by atoms with E-state index >= 15 is 0 Å². The molecule has 0 aliphatic carbocycles. The van der Waals surface area contributed by atoms with Crippen molar-refractivity contribution < 1.29 is 14.2 Å². The van der Waals surface area contributed by atoms with E-state index < -0.39 is 11.9 Å². The number of aliphatic hydroxyl groups excluding tert-OH is 1. The fourth-order valence-electron chi connectivity index (χ4n) is 2.75. The molecule has 2 aromatic carbocycles. The van der Waals surface area contributed by atoms with E-state index in [1.54, 1.807) is 28.8 Å². The number of nitrogens with zero attached hydrogens (tertiary/aromatic N) is 2. The SMILES string of the molecule is CC(C)Cn1c(SC[C@@H](O)COc2ccccc2F)nc2ccccc2c1=O. The van der Waals surface area contributed by atoms with E-state index in [0.29, 0.717) is 22.6 Å². The van der Waals surface area contributed by atoms with Crippen LogP contribution in [0.4, 0.5) is 4.39 Å². The lowest BCUT2D eigenvalue weighted by atomic mass is 10.2. The minimum atomic E-state index is -0.833. The number of hydrogen-bond donors (Lipinski definition) is 1. The second-order valence-electron chi connectivity index (χ2n) is 6.93. The van der Waals surface area contributed by atoms with Crippen LogP contribution in [0.3, 0.4) is 0 Å². The Bertz CT molecular complexity index is 1010. The zero-order chi connectivity index (χ0) is 20.1. The Morgan fingerprint density at radius 3 is 2.64 bits per heavy atom. The third-order valence-corrected chi connectivity index (χ3v) is 5.17. The Kier molecular flexibility index (Phi) is 6.70. The zero-order valence-electron chi connectivity index (χ0n) is 15.8. The quantitative estimate of drug-likeness (QED) is 0.460. The summed E-state index contributed by atoms with van der Waals surface area (Å²) in [6, 6.07) is 13.3. The molecule has 0 bridgehead atoms. The molecule has 0 saturated heterocycles. The van der Waals surface area contributed by atoms with Gasteiger partial charge in [-0.1, -0.05) is 49.9 Å². The third kappa shape index (κ3) is 4.91. The highest BCUT2D eigenvalue weighted by Gasteiger charge is 2.15. The lowest BCUT2D eigenvalue weighted by Gasteiger charge is -2.16. The first-order valence-corrected chi connectivity index (χ1v) is 10.1. The number of halogens is 1. The minimum absolute atomic E-state index is 0.0457. The van der Waals surface area contributed by atoms with Gasteiger partial charge in [0.15, 0.2) is 16.7 Å². The highest BCUT2D eigenvalue weighted by molar-refractivity contribution is 7.99. The summed E-state index contributed by atoms with van der Waals surface area (Å²) in [6.45, 7) is 4.57. The molecular weight excluding hydrogens is 379 g/mol. The monoisotopic (exact) mass is 402 g/mol. The standard InChI is InChI=1S/C21H23FN2O3S/c1-14(2)11-24-20(26)16-7-3-5-9-18(16)23-21(24)28-13-15(25)12-27-19-10-6-4-8-17(19)22/h3-10,14-15,25H,11-13H2,1-2H3/t15-/m0/s1. The summed E-state index contributed by atoms with van der Waals surface area (Å²) < 4.78 is 20.6. The van der Waals surface area contributed by atoms with Gasteiger partial charge in [-0.15, -0.1) is 0 Å². The summed E-state index contributed by atoms with van der Waals surface area (Å²) >= 11 is 1.29. The second kappa shape index (κ2) is 9.21. The fourth-order valence-corrected chi connectivity index (χ4v) is 3.66. The Morgan fingerprint density at radius 2 is 1.89 bits per heavy atom. The molecule has 5 nitrogen and oxygen atoms in total. The maximum Gasteiger partial charge on any atom is 0.262 e. The van der Waals surface area contributed by atoms with E-state index in [9.17, 15) is 14.3 Å². The van der Waals surface area contributed by atoms with E-state index in [1.165, 1.54) is 23.9 Å². The highest BCUT2D eigenvalue weighted by Crippen LogP contribution is 2.21. The maximum absolute atomic E-state index is 13.6. The van der Waals surface area contributed by atoms with Gasteiger partial charge in [-0.3, -0.25) is 9.36 Å². The van der Waals surface area contributed by atoms with Gasteiger partial charge in [-0.25, -0.2) is 9.37 Å². The first-order chi connectivity index (χ1) is 13.5. The Labute approximate surface area is 167 Å². The van der Waals surface area contributed by atoms with E-state index in [4.69, 9.17) is 4.74 Å². The molecule has 28 heavy (non-hydrogen) atoms. The topological polar surface area (TPSA) is 64.3 Å². The number of aliphatic hydroxyl groups is 1. The van der Waals surface area contributed by atoms with Gasteiger partial charge in [0.1, 0.15) is 6.61 Å². The summed E-state index contributed by atoms with van der Waals surface area (Å²) in [5.74, 6) is 0.183. The molecule has 0 radical (unpaired) electrons. The molecule has 0 aliphatic heterocycles. The van der Waals surface area contributed by atoms with Crippen LogP contribution in [0.2, 0.25) is 0 Å². The molecular formula is C21H23FN2O3S. The predicted octanol–water partition coefficient (Wildman–Crippen LogP) is 3.72. The fraction of sp³-hybridized carbons (Fsp3) is 0.333. The van der Waals surface area contributed by atoms with Crippen molar-refractivity contribution in [2.75, 3.05) is 12.4 Å². The van der Waals surface area contributed by atoms with Gasteiger partial charge in [-0.05, 0) is 30.2 Å². The van der Waals surface area contributed by atoms with Crippen molar-refractivity contribution in [3.8, 4) is 5.75 Å². The number of aromatic nitrogens is 2. The normalized spacial score (nSPS) is 12.5. The van der Waals surface area contributed by atoms with Crippen LogP contribution >= 0.6 is 11.8 Å². The predicted molar refractivity (Wildman–Crippen MR) is 109 cm³/mol. The van der Waals surface area contributed by atoms with Crippen LogP contribution in [0.5, 0.6) is 5.75 Å². The molecule has 1 N–H and O–H groups in total. The van der Waals surface area contributed by atoms with Crippen molar-refractivity contribution >= 4 is 22.7 Å². The van der Waals surface area contributed by atoms with Crippen LogP contribution in [-0.4, -0.2) is 33.1 Å². The summed E-state index contributed by atoms with van der Waals surface area (Å²) in [7, 11) is 0. The number of ether oxygens (including phenoxy) is 1. The van der Waals surface area contributed by atoms with Crippen molar-refractivity contribution in [2.45, 2.75) is 31.7 Å². The second-order valence-corrected chi connectivity index (χ2v) is 7.91. The van der Waals surface area contributed by atoms with Crippen LogP contribution in [0.25, 0.3) is 10.9 Å². The molecule has 1 heterocycles. The van der Waals surface area contributed by atoms with Crippen molar-refractivity contribution in [3.05, 3.63) is 64.7 Å². The number of thioether (sulfide) groups is 1. The maximum atomic E-state index is 13.6. The van der Waals surface area contributed by atoms with Gasteiger partial charge in [0, 0.05) is 12.3 Å². The molecule has 7 heteroatoms. The molecule has 0 amide bonds. The van der Waals surface area contributed by atoms with Crippen LogP contribution in [-0.2, 0) is 6.54 Å². The van der Waals surface area contributed by atoms with E-state index in [0.717, 1.165) is 0 Å². The van der Waals surface area contributed by atoms with Crippen molar-refractivity contribution in [1.82, 2.24) is 9.55 Å². The van der Waals surface area contributed by atoms with Crippen LogP contribution in [0.15, 0.2) is 58.5 Å². The number of rotatable bonds is 8. The average Bonchev–Trinajstić information content (AvgIpc) is 2.68. The van der Waals surface area contributed by atoms with Gasteiger partial charge < -0.3 is 9.84 Å². The first kappa shape index (κ1) is 20.4. The molecule has 0 unspecified atom stereocenters. The van der Waals surface area contributed by atoms with Gasteiger partial charge in [0.2, 0.25) is 0 Å². The van der Waals surface area contributed by atoms with E-state index in [-0.39, 0.29) is 29.6 Å². The van der Waals surface area contributed by atoms with E-state index in [2.05, 4.69) is 4.98 Å². The largest absolute Gasteiger partial charge is 0.488 e. The van der Waals surface area contributed by atoms with Gasteiger partial charge >= 0.3 is 0 Å². The Balaban J connectivity index is 1.73. The average molecular weight is 402 g/mol. The van der Waals surface area contributed by atoms with Crippen molar-refractivity contribution in [3.63, 3.8) is 0 Å². The third-order valence-electron chi connectivity index (χ3n) is 4.05. The Hall–Kier alpha value is -2.38. The number of benzene rings is 2. The lowest BCUT2D eigenvalue weighted by Crippen LogP contribution is -2.26. The van der Waals surface area contributed by atoms with Crippen molar-refractivity contribution in [1.29, 1.82) is 0 Å². The molecule has 0 spiro atoms. The summed E-state index contributed by atoms with van der Waals surface area (Å²) in [5.41, 5.74) is 0.547. The lowest BCUT2D eigenvalue weighted by molar-refractivity contribution is 0.123. The van der Waals surface area contributed by atoms with Crippen LogP contribution < -0.4 is 10.3 Å². The minimum Gasteiger partial charge on any atom is -0.488 e. The summed E-state index contributed by atoms with van der Waals surface area (Å²) in [4.78, 5) is 17.5. The van der Waals surface area contributed by atoms with Gasteiger partial charge in [0.25, 0.3) is 5.56 Å². The molecule has 0 saturated carbocycles. The molecule has 0 fully saturated rings. The van der Waals surface area contributed by atoms with Gasteiger partial charge in [0.05, 0.1) is 17.0 Å². The molecule has 3 rings (SSSR count). The van der Waals surface area contributed by atoms with Gasteiger partial charge in [-0.2, -0.15) is 0 Å². The molecule has 1 atom stereocenters. The smallest absolute Gasteiger partial charge is 0.262 e. The highest BCUT2D eigenvalue weighted by atomic mass is 32.2. The number of para-hydroxylation sites is 2. The summed E-state index contributed by atoms with van der Waals surface area (Å²) in [5, 5.41) is 11.4. The van der Waals surface area contributed by atoms with Crippen LogP contribution in [0, 0.1) is 11.7 Å². The molecule has 0 aliphatic rings. The number of fused-ring (bicyclic) bond motifs is 1. The van der Waals surface area contributed by atoms with Crippen molar-refractivity contribution in [2.24, 2.45) is 5.92 Å². The van der Waals surface area contributed by atoms with Crippen LogP contribution in [0.1, 0.15) is 13.8 Å². The molecule has 148 valence electrons. The number of hydrogen-bond acceptors (Lipinski definition) is 5. The Morgan fingerprint density at radius 1 is 1.18 bits per heavy atom.